The van der Waals surface area contributed by atoms with Crippen LogP contribution in [0.4, 0.5) is 0 Å². The first-order valence-electron chi connectivity index (χ1n) is 9.84. The summed E-state index contributed by atoms with van der Waals surface area (Å²) in [5.41, 5.74) is 0.916. The van der Waals surface area contributed by atoms with Crippen molar-refractivity contribution < 1.29 is 19.1 Å². The smallest absolute Gasteiger partial charge is 0.339 e. The van der Waals surface area contributed by atoms with Gasteiger partial charge in [-0.3, -0.25) is 9.59 Å². The maximum Gasteiger partial charge on any atom is 0.339 e. The lowest BCUT2D eigenvalue weighted by Gasteiger charge is -2.23. The summed E-state index contributed by atoms with van der Waals surface area (Å²) in [6, 6.07) is 19.3. The van der Waals surface area contributed by atoms with Crippen LogP contribution in [0.5, 0.6) is 0 Å². The highest BCUT2D eigenvalue weighted by molar-refractivity contribution is 7.10. The summed E-state index contributed by atoms with van der Waals surface area (Å²) in [4.78, 5) is 41.1. The van der Waals surface area contributed by atoms with Crippen molar-refractivity contribution >= 4 is 29.0 Å². The van der Waals surface area contributed by atoms with E-state index in [4.69, 9.17) is 4.74 Å². The van der Waals surface area contributed by atoms with E-state index in [-0.39, 0.29) is 35.5 Å². The molecule has 1 aliphatic rings. The van der Waals surface area contributed by atoms with E-state index in [1.54, 1.807) is 64.8 Å². The lowest BCUT2D eigenvalue weighted by molar-refractivity contribution is -0.135. The number of nitrogens with zero attached hydrogens (tertiary/aromatic N) is 1. The Morgan fingerprint density at radius 1 is 0.933 bits per heavy atom. The third-order valence-electron chi connectivity index (χ3n) is 5.20. The molecule has 6 heteroatoms. The van der Waals surface area contributed by atoms with Gasteiger partial charge in [0.25, 0.3) is 5.91 Å². The van der Waals surface area contributed by atoms with Crippen LogP contribution >= 0.6 is 11.3 Å². The van der Waals surface area contributed by atoms with E-state index in [0.717, 1.165) is 17.7 Å². The van der Waals surface area contributed by atoms with Gasteiger partial charge in [0.05, 0.1) is 11.6 Å². The Bertz CT molecular complexity index is 1050. The summed E-state index contributed by atoms with van der Waals surface area (Å²) in [6.07, 6.45) is 1.84. The lowest BCUT2D eigenvalue weighted by Crippen LogP contribution is -2.34. The largest absolute Gasteiger partial charge is 0.452 e. The summed E-state index contributed by atoms with van der Waals surface area (Å²) in [5.74, 6) is -1.15. The topological polar surface area (TPSA) is 63.7 Å². The van der Waals surface area contributed by atoms with Crippen LogP contribution in [0, 0.1) is 0 Å². The van der Waals surface area contributed by atoms with Crippen molar-refractivity contribution in [3.05, 3.63) is 93.7 Å². The fourth-order valence-corrected chi connectivity index (χ4v) is 4.61. The summed E-state index contributed by atoms with van der Waals surface area (Å²) in [6.45, 7) is 0.316. The Morgan fingerprint density at radius 3 is 2.40 bits per heavy atom. The molecule has 1 fully saturated rings. The molecule has 1 amide bonds. The SMILES string of the molecule is O=C(OCC(=O)N1CCCC1c1cccs1)c1ccccc1C(=O)c1ccccc1. The van der Waals surface area contributed by atoms with Crippen LogP contribution in [0.1, 0.15) is 50.0 Å². The van der Waals surface area contributed by atoms with E-state index in [1.807, 2.05) is 23.6 Å². The first-order valence-corrected chi connectivity index (χ1v) is 10.7. The van der Waals surface area contributed by atoms with Crippen molar-refractivity contribution in [2.24, 2.45) is 0 Å². The second kappa shape index (κ2) is 9.05. The Labute approximate surface area is 178 Å². The van der Waals surface area contributed by atoms with Gasteiger partial charge in [-0.2, -0.15) is 0 Å². The van der Waals surface area contributed by atoms with Gasteiger partial charge in [-0.05, 0) is 30.4 Å². The van der Waals surface area contributed by atoms with Crippen molar-refractivity contribution in [2.75, 3.05) is 13.2 Å². The fraction of sp³-hybridized carbons (Fsp3) is 0.208. The van der Waals surface area contributed by atoms with Crippen molar-refractivity contribution in [2.45, 2.75) is 18.9 Å². The molecule has 4 rings (SSSR count). The molecule has 152 valence electrons. The van der Waals surface area contributed by atoms with Gasteiger partial charge in [0.15, 0.2) is 12.4 Å². The van der Waals surface area contributed by atoms with Crippen molar-refractivity contribution in [1.29, 1.82) is 0 Å². The normalized spacial score (nSPS) is 15.7. The molecule has 0 saturated carbocycles. The molecule has 2 aromatic carbocycles. The van der Waals surface area contributed by atoms with Crippen molar-refractivity contribution in [1.82, 2.24) is 4.90 Å². The Morgan fingerprint density at radius 2 is 1.67 bits per heavy atom. The summed E-state index contributed by atoms with van der Waals surface area (Å²) in [5, 5.41) is 2.00. The van der Waals surface area contributed by atoms with Crippen LogP contribution in [0.2, 0.25) is 0 Å². The van der Waals surface area contributed by atoms with Gasteiger partial charge in [0, 0.05) is 22.5 Å². The van der Waals surface area contributed by atoms with Gasteiger partial charge in [0.1, 0.15) is 0 Å². The zero-order valence-electron chi connectivity index (χ0n) is 16.3. The molecule has 0 aliphatic carbocycles. The third kappa shape index (κ3) is 4.19. The molecule has 0 radical (unpaired) electrons. The number of hydrogen-bond donors (Lipinski definition) is 0. The molecule has 2 heterocycles. The average molecular weight is 420 g/mol. The number of hydrogen-bond acceptors (Lipinski definition) is 5. The second-order valence-electron chi connectivity index (χ2n) is 7.08. The molecular weight excluding hydrogens is 398 g/mol. The fourth-order valence-electron chi connectivity index (χ4n) is 3.73. The standard InChI is InChI=1S/C24H21NO4S/c26-22(25-14-6-12-20(25)21-13-7-15-30-21)16-29-24(28)19-11-5-4-10-18(19)23(27)17-8-2-1-3-9-17/h1-5,7-11,13,15,20H,6,12,14,16H2. The number of benzene rings is 2. The highest BCUT2D eigenvalue weighted by Crippen LogP contribution is 2.34. The summed E-state index contributed by atoms with van der Waals surface area (Å²) >= 11 is 1.63. The van der Waals surface area contributed by atoms with Gasteiger partial charge in [0.2, 0.25) is 0 Å². The van der Waals surface area contributed by atoms with Crippen molar-refractivity contribution in [3.8, 4) is 0 Å². The number of likely N-dealkylation sites (tertiary alicyclic amines) is 1. The van der Waals surface area contributed by atoms with Gasteiger partial charge >= 0.3 is 5.97 Å². The molecule has 3 aromatic rings. The van der Waals surface area contributed by atoms with E-state index in [9.17, 15) is 14.4 Å². The molecule has 0 N–H and O–H groups in total. The zero-order chi connectivity index (χ0) is 20.9. The van der Waals surface area contributed by atoms with Gasteiger partial charge < -0.3 is 9.64 Å². The number of ketones is 1. The third-order valence-corrected chi connectivity index (χ3v) is 6.17. The Balaban J connectivity index is 1.45. The molecule has 0 spiro atoms. The number of carbonyl (C=O) groups is 3. The number of esters is 1. The zero-order valence-corrected chi connectivity index (χ0v) is 17.1. The predicted octanol–water partition coefficient (Wildman–Crippen LogP) is 4.50. The molecule has 1 aliphatic heterocycles. The van der Waals surface area contributed by atoms with E-state index in [0.29, 0.717) is 12.1 Å². The second-order valence-corrected chi connectivity index (χ2v) is 8.06. The van der Waals surface area contributed by atoms with Gasteiger partial charge in [-0.25, -0.2) is 4.79 Å². The minimum absolute atomic E-state index is 0.0446. The Hall–Kier alpha value is -3.25. The highest BCUT2D eigenvalue weighted by atomic mass is 32.1. The number of thiophene rings is 1. The summed E-state index contributed by atoms with van der Waals surface area (Å²) in [7, 11) is 0. The number of ether oxygens (including phenoxy) is 1. The molecule has 1 aromatic heterocycles. The molecule has 1 unspecified atom stereocenters. The Kier molecular flexibility index (Phi) is 6.05. The van der Waals surface area contributed by atoms with E-state index in [1.165, 1.54) is 0 Å². The van der Waals surface area contributed by atoms with E-state index < -0.39 is 5.97 Å². The number of carbonyl (C=O) groups excluding carboxylic acids is 3. The molecule has 1 atom stereocenters. The molecule has 0 bridgehead atoms. The quantitative estimate of drug-likeness (QED) is 0.436. The maximum atomic E-state index is 12.8. The number of rotatable bonds is 6. The number of amides is 1. The van der Waals surface area contributed by atoms with Gasteiger partial charge in [-0.1, -0.05) is 54.6 Å². The van der Waals surface area contributed by atoms with Crippen molar-refractivity contribution in [3.63, 3.8) is 0 Å². The monoisotopic (exact) mass is 419 g/mol. The maximum absolute atomic E-state index is 12.8. The molecule has 5 nitrogen and oxygen atoms in total. The molecule has 30 heavy (non-hydrogen) atoms. The average Bonchev–Trinajstić information content (AvgIpc) is 3.49. The molecular formula is C24H21NO4S. The lowest BCUT2D eigenvalue weighted by atomic mass is 9.98. The van der Waals surface area contributed by atoms with Gasteiger partial charge in [-0.15, -0.1) is 11.3 Å². The summed E-state index contributed by atoms with van der Waals surface area (Å²) < 4.78 is 5.32. The van der Waals surface area contributed by atoms with Crippen LogP contribution in [0.3, 0.4) is 0 Å². The predicted molar refractivity (Wildman–Crippen MR) is 115 cm³/mol. The minimum atomic E-state index is -0.671. The van der Waals surface area contributed by atoms with Crippen LogP contribution in [0.25, 0.3) is 0 Å². The van der Waals surface area contributed by atoms with Crippen LogP contribution in [-0.2, 0) is 9.53 Å². The van der Waals surface area contributed by atoms with E-state index >= 15 is 0 Å². The highest BCUT2D eigenvalue weighted by Gasteiger charge is 2.31. The molecule has 1 saturated heterocycles. The van der Waals surface area contributed by atoms with Crippen LogP contribution < -0.4 is 0 Å². The first-order chi connectivity index (χ1) is 14.6. The first kappa shape index (κ1) is 20.0. The van der Waals surface area contributed by atoms with E-state index in [2.05, 4.69) is 0 Å². The van der Waals surface area contributed by atoms with Crippen LogP contribution in [0.15, 0.2) is 72.1 Å². The van der Waals surface area contributed by atoms with Crippen LogP contribution in [-0.4, -0.2) is 35.7 Å². The minimum Gasteiger partial charge on any atom is -0.452 e.